The zero-order chi connectivity index (χ0) is 21.9. The van der Waals surface area contributed by atoms with Crippen molar-refractivity contribution >= 4 is 28.5 Å². The number of fused-ring (bicyclic) bond motifs is 3. The van der Waals surface area contributed by atoms with Crippen molar-refractivity contribution < 1.29 is 4.39 Å². The first-order chi connectivity index (χ1) is 14.9. The van der Waals surface area contributed by atoms with Crippen molar-refractivity contribution in [3.8, 4) is 11.4 Å². The number of rotatable bonds is 3. The Labute approximate surface area is 179 Å². The van der Waals surface area contributed by atoms with Crippen LogP contribution in [0, 0.1) is 5.82 Å². The van der Waals surface area contributed by atoms with Gasteiger partial charge in [0.25, 0.3) is 5.56 Å². The van der Waals surface area contributed by atoms with Gasteiger partial charge in [-0.05, 0) is 18.2 Å². The van der Waals surface area contributed by atoms with Crippen LogP contribution in [0.3, 0.4) is 0 Å². The zero-order valence-corrected chi connectivity index (χ0v) is 17.3. The average Bonchev–Trinajstić information content (AvgIpc) is 3.32. The summed E-state index contributed by atoms with van der Waals surface area (Å²) in [6.07, 6.45) is 0. The normalized spacial score (nSPS) is 11.6. The number of hydrogen-bond acceptors (Lipinski definition) is 4. The largest absolute Gasteiger partial charge is 0.332 e. The highest BCUT2D eigenvalue weighted by Gasteiger charge is 2.25. The molecule has 2 aromatic carbocycles. The van der Waals surface area contributed by atoms with Crippen molar-refractivity contribution in [3.63, 3.8) is 0 Å². The molecule has 0 N–H and O–H groups in total. The summed E-state index contributed by atoms with van der Waals surface area (Å²) in [5, 5.41) is 8.99. The van der Waals surface area contributed by atoms with Gasteiger partial charge in [0, 0.05) is 25.2 Å². The summed E-state index contributed by atoms with van der Waals surface area (Å²) >= 11 is 6.38. The molecular formula is C21H16ClFN6O2. The SMILES string of the molecule is Cn1c(=O)c2c(n(C)c1=O)n1c(-c3ccccc3Cl)nnc1n2Cc1ccccc1F. The lowest BCUT2D eigenvalue weighted by Gasteiger charge is -2.08. The Morgan fingerprint density at radius 2 is 1.68 bits per heavy atom. The molecule has 0 saturated carbocycles. The topological polar surface area (TPSA) is 79.1 Å². The molecule has 0 bridgehead atoms. The summed E-state index contributed by atoms with van der Waals surface area (Å²) in [6, 6.07) is 13.4. The maximum atomic E-state index is 14.4. The van der Waals surface area contributed by atoms with Crippen LogP contribution < -0.4 is 11.2 Å². The van der Waals surface area contributed by atoms with Crippen LogP contribution in [0.1, 0.15) is 5.56 Å². The summed E-state index contributed by atoms with van der Waals surface area (Å²) in [5.41, 5.74) is 0.478. The smallest absolute Gasteiger partial charge is 0.298 e. The number of nitrogens with zero attached hydrogens (tertiary/aromatic N) is 6. The Hall–Kier alpha value is -3.72. The van der Waals surface area contributed by atoms with E-state index in [-0.39, 0.29) is 12.1 Å². The van der Waals surface area contributed by atoms with Gasteiger partial charge in [-0.2, -0.15) is 0 Å². The second-order valence-corrected chi connectivity index (χ2v) is 7.60. The molecule has 3 aromatic heterocycles. The molecule has 3 heterocycles. The van der Waals surface area contributed by atoms with Crippen LogP contribution in [-0.4, -0.2) is 28.3 Å². The van der Waals surface area contributed by atoms with Gasteiger partial charge in [-0.15, -0.1) is 10.2 Å². The highest BCUT2D eigenvalue weighted by Crippen LogP contribution is 2.29. The zero-order valence-electron chi connectivity index (χ0n) is 16.6. The Morgan fingerprint density at radius 3 is 2.42 bits per heavy atom. The van der Waals surface area contributed by atoms with Gasteiger partial charge < -0.3 is 0 Å². The summed E-state index contributed by atoms with van der Waals surface area (Å²) in [6.45, 7) is 0.0355. The van der Waals surface area contributed by atoms with E-state index in [1.54, 1.807) is 58.5 Å². The van der Waals surface area contributed by atoms with Crippen LogP contribution in [0.5, 0.6) is 0 Å². The van der Waals surface area contributed by atoms with Gasteiger partial charge in [0.05, 0.1) is 11.6 Å². The minimum absolute atomic E-state index is 0.0355. The first kappa shape index (κ1) is 19.3. The van der Waals surface area contributed by atoms with E-state index >= 15 is 0 Å². The first-order valence-corrected chi connectivity index (χ1v) is 9.79. The monoisotopic (exact) mass is 438 g/mol. The van der Waals surface area contributed by atoms with Crippen LogP contribution >= 0.6 is 11.6 Å². The Kier molecular flexibility index (Phi) is 4.30. The molecular weight excluding hydrogens is 423 g/mol. The molecule has 0 unspecified atom stereocenters. The number of benzene rings is 2. The molecule has 0 saturated heterocycles. The van der Waals surface area contributed by atoms with Crippen LogP contribution in [0.4, 0.5) is 4.39 Å². The summed E-state index contributed by atoms with van der Waals surface area (Å²) < 4.78 is 20.0. The lowest BCUT2D eigenvalue weighted by molar-refractivity contribution is 0.602. The van der Waals surface area contributed by atoms with Crippen LogP contribution in [0.25, 0.3) is 28.3 Å². The minimum atomic E-state index is -0.509. The number of imidazole rings is 1. The van der Waals surface area contributed by atoms with Crippen LogP contribution in [0.15, 0.2) is 58.1 Å². The van der Waals surface area contributed by atoms with Crippen molar-refractivity contribution in [1.29, 1.82) is 0 Å². The number of aryl methyl sites for hydroxylation is 1. The van der Waals surface area contributed by atoms with Crippen molar-refractivity contribution in [2.24, 2.45) is 14.1 Å². The van der Waals surface area contributed by atoms with Crippen molar-refractivity contribution in [2.45, 2.75) is 6.54 Å². The predicted octanol–water partition coefficient (Wildman–Crippen LogP) is 2.59. The lowest BCUT2D eigenvalue weighted by atomic mass is 10.2. The second kappa shape index (κ2) is 6.92. The molecule has 0 atom stereocenters. The molecule has 0 spiro atoms. The van der Waals surface area contributed by atoms with E-state index < -0.39 is 17.1 Å². The van der Waals surface area contributed by atoms with E-state index in [4.69, 9.17) is 11.6 Å². The molecule has 156 valence electrons. The lowest BCUT2D eigenvalue weighted by Crippen LogP contribution is -2.37. The van der Waals surface area contributed by atoms with Gasteiger partial charge in [0.2, 0.25) is 5.78 Å². The third-order valence-corrected chi connectivity index (χ3v) is 5.71. The quantitative estimate of drug-likeness (QED) is 0.433. The third-order valence-electron chi connectivity index (χ3n) is 5.38. The second-order valence-electron chi connectivity index (χ2n) is 7.19. The van der Waals surface area contributed by atoms with Gasteiger partial charge in [0.15, 0.2) is 17.0 Å². The maximum Gasteiger partial charge on any atom is 0.332 e. The first-order valence-electron chi connectivity index (χ1n) is 9.41. The molecule has 0 aliphatic heterocycles. The predicted molar refractivity (Wildman–Crippen MR) is 115 cm³/mol. The molecule has 0 amide bonds. The number of aromatic nitrogens is 6. The van der Waals surface area contributed by atoms with Crippen molar-refractivity contribution in [1.82, 2.24) is 28.3 Å². The number of hydrogen-bond donors (Lipinski definition) is 0. The summed E-state index contributed by atoms with van der Waals surface area (Å²) in [4.78, 5) is 25.8. The maximum absolute atomic E-state index is 14.4. The van der Waals surface area contributed by atoms with E-state index in [0.717, 1.165) is 4.57 Å². The molecule has 31 heavy (non-hydrogen) atoms. The highest BCUT2D eigenvalue weighted by molar-refractivity contribution is 6.33. The summed E-state index contributed by atoms with van der Waals surface area (Å²) in [5.74, 6) is 0.266. The summed E-state index contributed by atoms with van der Waals surface area (Å²) in [7, 11) is 2.97. The Balaban J connectivity index is 1.95. The van der Waals surface area contributed by atoms with E-state index in [1.807, 2.05) is 0 Å². The van der Waals surface area contributed by atoms with E-state index in [2.05, 4.69) is 10.2 Å². The van der Waals surface area contributed by atoms with E-state index in [1.165, 1.54) is 17.7 Å². The fraction of sp³-hybridized carbons (Fsp3) is 0.143. The van der Waals surface area contributed by atoms with Crippen LogP contribution in [-0.2, 0) is 20.6 Å². The average molecular weight is 439 g/mol. The molecule has 5 aromatic rings. The fourth-order valence-electron chi connectivity index (χ4n) is 3.82. The van der Waals surface area contributed by atoms with Crippen molar-refractivity contribution in [2.75, 3.05) is 0 Å². The molecule has 5 rings (SSSR count). The van der Waals surface area contributed by atoms with Gasteiger partial charge in [0.1, 0.15) is 5.82 Å². The molecule has 0 aliphatic carbocycles. The minimum Gasteiger partial charge on any atom is -0.298 e. The van der Waals surface area contributed by atoms with E-state index in [9.17, 15) is 14.0 Å². The molecule has 10 heteroatoms. The van der Waals surface area contributed by atoms with Crippen molar-refractivity contribution in [3.05, 3.63) is 85.8 Å². The molecule has 0 radical (unpaired) electrons. The van der Waals surface area contributed by atoms with Gasteiger partial charge in [-0.1, -0.05) is 41.9 Å². The molecule has 0 fully saturated rings. The number of halogens is 2. The third kappa shape index (κ3) is 2.73. The van der Waals surface area contributed by atoms with E-state index in [0.29, 0.717) is 33.4 Å². The molecule has 8 nitrogen and oxygen atoms in total. The van der Waals surface area contributed by atoms with Gasteiger partial charge in [-0.3, -0.25) is 18.5 Å². The van der Waals surface area contributed by atoms with Crippen LogP contribution in [0.2, 0.25) is 5.02 Å². The standard InChI is InChI=1S/C21H16ClFN6O2/c1-26-18-16(19(30)27(2)21(26)31)28(11-12-7-3-6-10-15(12)23)20-25-24-17(29(18)20)13-8-4-5-9-14(13)22/h3-10H,11H2,1-2H3. The Bertz CT molecular complexity index is 1610. The Morgan fingerprint density at radius 1 is 0.968 bits per heavy atom. The van der Waals surface area contributed by atoms with Gasteiger partial charge >= 0.3 is 5.69 Å². The highest BCUT2D eigenvalue weighted by atomic mass is 35.5. The molecule has 0 aliphatic rings. The van der Waals surface area contributed by atoms with Gasteiger partial charge in [-0.25, -0.2) is 13.6 Å². The fourth-order valence-corrected chi connectivity index (χ4v) is 4.04.